The summed E-state index contributed by atoms with van der Waals surface area (Å²) in [5.74, 6) is -0.822. The molecule has 9 heteroatoms. The number of rotatable bonds is 4. The molecular formula is C17H23N3O5S. The van der Waals surface area contributed by atoms with Crippen molar-refractivity contribution in [3.63, 3.8) is 0 Å². The maximum absolute atomic E-state index is 12.7. The van der Waals surface area contributed by atoms with E-state index in [0.717, 1.165) is 19.3 Å². The molecule has 0 unspecified atom stereocenters. The van der Waals surface area contributed by atoms with Crippen LogP contribution in [0, 0.1) is 5.92 Å². The van der Waals surface area contributed by atoms with E-state index in [1.54, 1.807) is 4.90 Å². The van der Waals surface area contributed by atoms with Gasteiger partial charge in [0.1, 0.15) is 11.4 Å². The van der Waals surface area contributed by atoms with Crippen LogP contribution >= 0.6 is 0 Å². The van der Waals surface area contributed by atoms with Crippen LogP contribution in [0.1, 0.15) is 39.0 Å². The van der Waals surface area contributed by atoms with Crippen LogP contribution in [0.5, 0.6) is 0 Å². The predicted octanol–water partition coefficient (Wildman–Crippen LogP) is 1.02. The van der Waals surface area contributed by atoms with Crippen molar-refractivity contribution in [1.29, 1.82) is 0 Å². The molecule has 1 aliphatic carbocycles. The van der Waals surface area contributed by atoms with Gasteiger partial charge in [-0.05, 0) is 43.8 Å². The van der Waals surface area contributed by atoms with E-state index in [2.05, 4.69) is 16.6 Å². The fourth-order valence-corrected chi connectivity index (χ4v) is 4.57. The first-order valence-electron chi connectivity index (χ1n) is 8.80. The van der Waals surface area contributed by atoms with Crippen LogP contribution in [0.15, 0.2) is 28.3 Å². The zero-order chi connectivity index (χ0) is 18.9. The van der Waals surface area contributed by atoms with Crippen molar-refractivity contribution in [2.45, 2.75) is 44.6 Å². The molecule has 1 saturated carbocycles. The van der Waals surface area contributed by atoms with Crippen molar-refractivity contribution in [2.75, 3.05) is 12.3 Å². The fourth-order valence-electron chi connectivity index (χ4n) is 3.60. The Morgan fingerprint density at radius 1 is 1.35 bits per heavy atom. The number of hydrogen-bond donors (Lipinski definition) is 2. The highest BCUT2D eigenvalue weighted by Crippen LogP contribution is 2.34. The van der Waals surface area contributed by atoms with E-state index in [0.29, 0.717) is 24.3 Å². The molecule has 0 bridgehead atoms. The van der Waals surface area contributed by atoms with Crippen LogP contribution in [-0.4, -0.2) is 54.0 Å². The third-order valence-corrected chi connectivity index (χ3v) is 6.55. The first-order chi connectivity index (χ1) is 12.2. The molecule has 142 valence electrons. The van der Waals surface area contributed by atoms with Gasteiger partial charge in [-0.1, -0.05) is 13.3 Å². The number of amidine groups is 1. The minimum Gasteiger partial charge on any atom is -0.480 e. The molecule has 0 aromatic heterocycles. The van der Waals surface area contributed by atoms with Gasteiger partial charge in [0, 0.05) is 12.7 Å². The summed E-state index contributed by atoms with van der Waals surface area (Å²) < 4.78 is 26.7. The fraction of sp³-hybridized carbons (Fsp3) is 0.588. The van der Waals surface area contributed by atoms with Gasteiger partial charge in [0.25, 0.3) is 15.9 Å². The first kappa shape index (κ1) is 18.6. The van der Waals surface area contributed by atoms with E-state index < -0.39 is 27.4 Å². The summed E-state index contributed by atoms with van der Waals surface area (Å²) in [4.78, 5) is 26.1. The Balaban J connectivity index is 1.75. The number of nitrogens with zero attached hydrogens (tertiary/aromatic N) is 2. The molecule has 1 amide bonds. The van der Waals surface area contributed by atoms with E-state index in [1.807, 2.05) is 0 Å². The highest BCUT2D eigenvalue weighted by atomic mass is 32.2. The van der Waals surface area contributed by atoms with Crippen LogP contribution < -0.4 is 5.32 Å². The summed E-state index contributed by atoms with van der Waals surface area (Å²) in [6.45, 7) is 2.30. The Labute approximate surface area is 152 Å². The number of carbonyl (C=O) groups excluding carboxylic acids is 1. The van der Waals surface area contributed by atoms with Crippen LogP contribution in [-0.2, 0) is 19.6 Å². The number of sulfonamides is 1. The Bertz CT molecular complexity index is 804. The van der Waals surface area contributed by atoms with Gasteiger partial charge in [0.05, 0.1) is 11.3 Å². The van der Waals surface area contributed by atoms with E-state index in [9.17, 15) is 23.1 Å². The molecule has 0 radical (unpaired) electrons. The van der Waals surface area contributed by atoms with Crippen molar-refractivity contribution in [1.82, 2.24) is 10.2 Å². The van der Waals surface area contributed by atoms with Gasteiger partial charge in [0.15, 0.2) is 0 Å². The molecule has 0 saturated heterocycles. The number of aliphatic carboxylic acids is 1. The van der Waals surface area contributed by atoms with Crippen LogP contribution in [0.4, 0.5) is 0 Å². The van der Waals surface area contributed by atoms with Crippen molar-refractivity contribution in [3.8, 4) is 0 Å². The second kappa shape index (κ2) is 6.86. The molecule has 0 atom stereocenters. The number of nitrogens with one attached hydrogen (secondary N) is 1. The molecule has 0 spiro atoms. The molecule has 0 aromatic carbocycles. The van der Waals surface area contributed by atoms with Gasteiger partial charge in [-0.2, -0.15) is 0 Å². The summed E-state index contributed by atoms with van der Waals surface area (Å²) >= 11 is 0. The van der Waals surface area contributed by atoms with Gasteiger partial charge in [-0.3, -0.25) is 4.79 Å². The smallest absolute Gasteiger partial charge is 0.329 e. The molecule has 3 aliphatic rings. The summed E-state index contributed by atoms with van der Waals surface area (Å²) in [6.07, 6.45) is 7.85. The average molecular weight is 381 g/mol. The van der Waals surface area contributed by atoms with Crippen LogP contribution in [0.2, 0.25) is 0 Å². The largest absolute Gasteiger partial charge is 0.480 e. The number of carboxylic acid groups (broad SMARTS) is 1. The van der Waals surface area contributed by atoms with Gasteiger partial charge < -0.3 is 15.3 Å². The first-order valence-corrected chi connectivity index (χ1v) is 10.4. The van der Waals surface area contributed by atoms with E-state index in [1.165, 1.54) is 18.4 Å². The quantitative estimate of drug-likeness (QED) is 0.751. The number of carboxylic acids is 1. The van der Waals surface area contributed by atoms with Crippen LogP contribution in [0.3, 0.4) is 0 Å². The molecule has 26 heavy (non-hydrogen) atoms. The van der Waals surface area contributed by atoms with Crippen molar-refractivity contribution >= 4 is 27.7 Å². The minimum atomic E-state index is -3.45. The molecule has 8 nitrogen and oxygen atoms in total. The average Bonchev–Trinajstić information content (AvgIpc) is 2.61. The van der Waals surface area contributed by atoms with Gasteiger partial charge in [0.2, 0.25) is 0 Å². The third-order valence-electron chi connectivity index (χ3n) is 5.38. The summed E-state index contributed by atoms with van der Waals surface area (Å²) in [6, 6.07) is 0. The SMILES string of the molecule is CCC1CCC(NC(=O)C2=CN3CCS(=O)(=O)N=C3C=C2)(C(=O)O)CC1. The van der Waals surface area contributed by atoms with E-state index in [4.69, 9.17) is 0 Å². The van der Waals surface area contributed by atoms with Gasteiger partial charge in [-0.15, -0.1) is 4.40 Å². The van der Waals surface area contributed by atoms with Gasteiger partial charge in [-0.25, -0.2) is 13.2 Å². The zero-order valence-corrected chi connectivity index (χ0v) is 15.5. The maximum atomic E-state index is 12.7. The van der Waals surface area contributed by atoms with Crippen molar-refractivity contribution in [2.24, 2.45) is 10.3 Å². The standard InChI is InChI=1S/C17H23N3O5S/c1-2-12-5-7-17(8-6-12,16(22)23)18-15(21)13-3-4-14-19-26(24,25)10-9-20(14)11-13/h3-4,11-12H,2,5-10H2,1H3,(H,18,21)(H,22,23). The third kappa shape index (κ3) is 3.67. The Morgan fingerprint density at radius 3 is 2.65 bits per heavy atom. The molecule has 2 N–H and O–H groups in total. The lowest BCUT2D eigenvalue weighted by atomic mass is 9.75. The lowest BCUT2D eigenvalue weighted by Gasteiger charge is -2.37. The Morgan fingerprint density at radius 2 is 2.04 bits per heavy atom. The zero-order valence-electron chi connectivity index (χ0n) is 14.6. The lowest BCUT2D eigenvalue weighted by molar-refractivity contribution is -0.149. The summed E-state index contributed by atoms with van der Waals surface area (Å²) in [5, 5.41) is 12.4. The maximum Gasteiger partial charge on any atom is 0.329 e. The lowest BCUT2D eigenvalue weighted by Crippen LogP contribution is -2.56. The van der Waals surface area contributed by atoms with Crippen LogP contribution in [0.25, 0.3) is 0 Å². The van der Waals surface area contributed by atoms with E-state index >= 15 is 0 Å². The Kier molecular flexibility index (Phi) is 4.92. The molecular weight excluding hydrogens is 358 g/mol. The molecule has 3 rings (SSSR count). The van der Waals surface area contributed by atoms with Crippen molar-refractivity contribution in [3.05, 3.63) is 23.9 Å². The molecule has 2 aliphatic heterocycles. The van der Waals surface area contributed by atoms with E-state index in [-0.39, 0.29) is 18.1 Å². The Hall–Kier alpha value is -2.16. The normalized spacial score (nSPS) is 30.0. The predicted molar refractivity (Wildman–Crippen MR) is 95.9 cm³/mol. The molecule has 0 aromatic rings. The highest BCUT2D eigenvalue weighted by Gasteiger charge is 2.43. The number of fused-ring (bicyclic) bond motifs is 1. The number of amides is 1. The summed E-state index contributed by atoms with van der Waals surface area (Å²) in [7, 11) is -3.45. The number of carbonyl (C=O) groups is 2. The molecule has 2 heterocycles. The second-order valence-corrected chi connectivity index (χ2v) is 8.79. The topological polar surface area (TPSA) is 116 Å². The monoisotopic (exact) mass is 381 g/mol. The molecule has 1 fully saturated rings. The minimum absolute atomic E-state index is 0.118. The highest BCUT2D eigenvalue weighted by molar-refractivity contribution is 7.90. The second-order valence-electron chi connectivity index (χ2n) is 7.04. The number of hydrogen-bond acceptors (Lipinski definition) is 5. The van der Waals surface area contributed by atoms with Crippen molar-refractivity contribution < 1.29 is 23.1 Å². The van der Waals surface area contributed by atoms with Gasteiger partial charge >= 0.3 is 5.97 Å². The summed E-state index contributed by atoms with van der Waals surface area (Å²) in [5.41, 5.74) is -0.946.